The highest BCUT2D eigenvalue weighted by molar-refractivity contribution is 6.31. The van der Waals surface area contributed by atoms with Gasteiger partial charge in [-0.05, 0) is 29.3 Å². The number of amides is 2. The number of nitrogens with zero attached hydrogens (tertiary/aromatic N) is 1. The van der Waals surface area contributed by atoms with Crippen molar-refractivity contribution in [1.29, 1.82) is 0 Å². The summed E-state index contributed by atoms with van der Waals surface area (Å²) in [5.74, 6) is -0.570. The molecule has 130 valence electrons. The van der Waals surface area contributed by atoms with E-state index in [1.807, 2.05) is 30.5 Å². The zero-order valence-corrected chi connectivity index (χ0v) is 14.4. The average Bonchev–Trinajstić information content (AvgIpc) is 3.14. The van der Waals surface area contributed by atoms with Crippen molar-refractivity contribution >= 4 is 29.1 Å². The van der Waals surface area contributed by atoms with Gasteiger partial charge in [0.25, 0.3) is 5.91 Å². The van der Waals surface area contributed by atoms with Crippen molar-refractivity contribution in [3.05, 3.63) is 71.0 Å². The summed E-state index contributed by atoms with van der Waals surface area (Å²) in [5.41, 5.74) is 3.79. The zero-order chi connectivity index (χ0) is 18.1. The minimum absolute atomic E-state index is 0.252. The Morgan fingerprint density at radius 3 is 2.58 bits per heavy atom. The number of H-pyrrole nitrogens is 1. The number of aromatic amines is 1. The molecule has 1 atom stereocenters. The first-order valence-electron chi connectivity index (χ1n) is 8.09. The van der Waals surface area contributed by atoms with Crippen LogP contribution in [0, 0.1) is 0 Å². The number of anilines is 1. The summed E-state index contributed by atoms with van der Waals surface area (Å²) in [4.78, 5) is 24.9. The quantitative estimate of drug-likeness (QED) is 0.666. The fraction of sp³-hybridized carbons (Fsp3) is 0.105. The lowest BCUT2D eigenvalue weighted by Crippen LogP contribution is -2.42. The van der Waals surface area contributed by atoms with Gasteiger partial charge in [-0.3, -0.25) is 14.7 Å². The van der Waals surface area contributed by atoms with Crippen LogP contribution in [0.4, 0.5) is 5.69 Å². The molecule has 7 heteroatoms. The molecule has 2 amide bonds. The van der Waals surface area contributed by atoms with Crippen molar-refractivity contribution in [2.45, 2.75) is 12.5 Å². The number of carbonyl (C=O) groups is 2. The molecule has 3 aromatic rings. The van der Waals surface area contributed by atoms with Gasteiger partial charge in [-0.15, -0.1) is 0 Å². The van der Waals surface area contributed by atoms with Crippen molar-refractivity contribution in [2.24, 2.45) is 0 Å². The normalized spacial score (nSPS) is 16.4. The molecule has 0 aliphatic carbocycles. The lowest BCUT2D eigenvalue weighted by Gasteiger charge is -2.14. The summed E-state index contributed by atoms with van der Waals surface area (Å²) in [6.45, 7) is 0. The second-order valence-electron chi connectivity index (χ2n) is 6.09. The van der Waals surface area contributed by atoms with Gasteiger partial charge in [0.15, 0.2) is 0 Å². The van der Waals surface area contributed by atoms with Crippen LogP contribution in [0.2, 0.25) is 5.02 Å². The first kappa shape index (κ1) is 16.4. The van der Waals surface area contributed by atoms with Crippen LogP contribution in [-0.4, -0.2) is 28.1 Å². The Labute approximate surface area is 154 Å². The third-order valence-corrected chi connectivity index (χ3v) is 4.57. The fourth-order valence-electron chi connectivity index (χ4n) is 2.96. The number of aromatic nitrogens is 2. The minimum atomic E-state index is -0.659. The topological polar surface area (TPSA) is 86.9 Å². The molecule has 2 aromatic carbocycles. The molecule has 0 radical (unpaired) electrons. The van der Waals surface area contributed by atoms with E-state index >= 15 is 0 Å². The maximum Gasteiger partial charge on any atom is 0.254 e. The molecular formula is C19H15ClN4O2. The molecule has 1 unspecified atom stereocenters. The van der Waals surface area contributed by atoms with Gasteiger partial charge in [-0.25, -0.2) is 0 Å². The molecular weight excluding hydrogens is 352 g/mol. The van der Waals surface area contributed by atoms with Crippen LogP contribution in [0.1, 0.15) is 15.9 Å². The van der Waals surface area contributed by atoms with Crippen LogP contribution >= 0.6 is 11.6 Å². The van der Waals surface area contributed by atoms with Crippen LogP contribution in [0.5, 0.6) is 0 Å². The van der Waals surface area contributed by atoms with E-state index in [4.69, 9.17) is 11.6 Å². The van der Waals surface area contributed by atoms with E-state index in [1.54, 1.807) is 24.4 Å². The van der Waals surface area contributed by atoms with Crippen molar-refractivity contribution in [3.63, 3.8) is 0 Å². The molecule has 0 saturated carbocycles. The molecule has 6 nitrogen and oxygen atoms in total. The van der Waals surface area contributed by atoms with Crippen LogP contribution in [0.3, 0.4) is 0 Å². The third-order valence-electron chi connectivity index (χ3n) is 4.33. The fourth-order valence-corrected chi connectivity index (χ4v) is 3.13. The Balaban J connectivity index is 1.53. The van der Waals surface area contributed by atoms with Gasteiger partial charge in [0.05, 0.1) is 17.4 Å². The smallest absolute Gasteiger partial charge is 0.254 e. The van der Waals surface area contributed by atoms with Crippen molar-refractivity contribution in [1.82, 2.24) is 15.5 Å². The van der Waals surface area contributed by atoms with E-state index in [2.05, 4.69) is 20.8 Å². The van der Waals surface area contributed by atoms with E-state index in [9.17, 15) is 9.59 Å². The summed E-state index contributed by atoms with van der Waals surface area (Å²) < 4.78 is 0. The van der Waals surface area contributed by atoms with Crippen molar-refractivity contribution < 1.29 is 9.59 Å². The highest BCUT2D eigenvalue weighted by Gasteiger charge is 2.28. The number of benzene rings is 2. The maximum atomic E-state index is 12.5. The SMILES string of the molecule is O=C1NC(Cc2ccc(-c3cn[nH]c3)cc2)C(=O)Nc2ccc(Cl)cc21. The molecule has 0 fully saturated rings. The highest BCUT2D eigenvalue weighted by Crippen LogP contribution is 2.24. The van der Waals surface area contributed by atoms with Gasteiger partial charge >= 0.3 is 0 Å². The molecule has 2 heterocycles. The average molecular weight is 367 g/mol. The van der Waals surface area contributed by atoms with E-state index in [-0.39, 0.29) is 11.8 Å². The third kappa shape index (κ3) is 3.19. The first-order valence-corrected chi connectivity index (χ1v) is 8.47. The number of carbonyl (C=O) groups excluding carboxylic acids is 2. The molecule has 1 aliphatic heterocycles. The molecule has 1 aliphatic rings. The first-order chi connectivity index (χ1) is 12.6. The molecule has 0 bridgehead atoms. The van der Waals surface area contributed by atoms with Gasteiger partial charge in [0.1, 0.15) is 6.04 Å². The van der Waals surface area contributed by atoms with Crippen LogP contribution in [-0.2, 0) is 11.2 Å². The second kappa shape index (κ2) is 6.65. The number of rotatable bonds is 3. The highest BCUT2D eigenvalue weighted by atomic mass is 35.5. The molecule has 0 spiro atoms. The number of halogens is 1. The zero-order valence-electron chi connectivity index (χ0n) is 13.6. The summed E-state index contributed by atoms with van der Waals surface area (Å²) in [7, 11) is 0. The summed E-state index contributed by atoms with van der Waals surface area (Å²) in [6, 6.07) is 12.0. The van der Waals surface area contributed by atoms with Gasteiger partial charge in [0.2, 0.25) is 5.91 Å². The lowest BCUT2D eigenvalue weighted by atomic mass is 10.0. The summed E-state index contributed by atoms with van der Waals surface area (Å²) >= 11 is 5.96. The molecule has 3 N–H and O–H groups in total. The largest absolute Gasteiger partial charge is 0.340 e. The standard InChI is InChI=1S/C19H15ClN4O2/c20-14-5-6-16-15(8-14)18(25)24-17(19(26)23-16)7-11-1-3-12(4-2-11)13-9-21-22-10-13/h1-6,8-10,17H,7H2,(H,21,22)(H,23,26)(H,24,25). The van der Waals surface area contributed by atoms with E-state index in [0.717, 1.165) is 16.7 Å². The Morgan fingerprint density at radius 2 is 1.85 bits per heavy atom. The molecule has 1 aromatic heterocycles. The van der Waals surface area contributed by atoms with E-state index < -0.39 is 6.04 Å². The predicted molar refractivity (Wildman–Crippen MR) is 99.1 cm³/mol. The van der Waals surface area contributed by atoms with Gasteiger partial charge < -0.3 is 10.6 Å². The number of hydrogen-bond acceptors (Lipinski definition) is 3. The number of nitrogens with one attached hydrogen (secondary N) is 3. The molecule has 26 heavy (non-hydrogen) atoms. The predicted octanol–water partition coefficient (Wildman–Crippen LogP) is 3.02. The van der Waals surface area contributed by atoms with Crippen molar-refractivity contribution in [3.8, 4) is 11.1 Å². The van der Waals surface area contributed by atoms with E-state index in [1.165, 1.54) is 0 Å². The second-order valence-corrected chi connectivity index (χ2v) is 6.53. The Kier molecular flexibility index (Phi) is 4.18. The monoisotopic (exact) mass is 366 g/mol. The Bertz CT molecular complexity index is 968. The number of fused-ring (bicyclic) bond motifs is 1. The lowest BCUT2D eigenvalue weighted by molar-refractivity contribution is -0.117. The van der Waals surface area contributed by atoms with Crippen LogP contribution in [0.25, 0.3) is 11.1 Å². The molecule has 0 saturated heterocycles. The van der Waals surface area contributed by atoms with Gasteiger partial charge in [0, 0.05) is 23.2 Å². The minimum Gasteiger partial charge on any atom is -0.340 e. The maximum absolute atomic E-state index is 12.5. The summed E-state index contributed by atoms with van der Waals surface area (Å²) in [6.07, 6.45) is 3.96. The van der Waals surface area contributed by atoms with E-state index in [0.29, 0.717) is 22.7 Å². The van der Waals surface area contributed by atoms with Crippen LogP contribution < -0.4 is 10.6 Å². The Morgan fingerprint density at radius 1 is 1.04 bits per heavy atom. The Hall–Kier alpha value is -3.12. The molecule has 4 rings (SSSR count). The van der Waals surface area contributed by atoms with Gasteiger partial charge in [-0.1, -0.05) is 35.9 Å². The van der Waals surface area contributed by atoms with Gasteiger partial charge in [-0.2, -0.15) is 5.10 Å². The van der Waals surface area contributed by atoms with Crippen LogP contribution in [0.15, 0.2) is 54.9 Å². The summed E-state index contributed by atoms with van der Waals surface area (Å²) in [5, 5.41) is 12.7. The number of hydrogen-bond donors (Lipinski definition) is 3. The van der Waals surface area contributed by atoms with Crippen molar-refractivity contribution in [2.75, 3.05) is 5.32 Å².